The van der Waals surface area contributed by atoms with Crippen LogP contribution in [-0.2, 0) is 19.6 Å². The van der Waals surface area contributed by atoms with Gasteiger partial charge in [-0.05, 0) is 43.3 Å². The summed E-state index contributed by atoms with van der Waals surface area (Å²) in [6.07, 6.45) is 0. The van der Waals surface area contributed by atoms with Crippen LogP contribution in [-0.4, -0.2) is 64.6 Å². The molecule has 1 N–H and O–H groups in total. The first-order valence-corrected chi connectivity index (χ1v) is 13.4. The maximum atomic E-state index is 13.7. The van der Waals surface area contributed by atoms with E-state index in [1.165, 1.54) is 12.1 Å². The third-order valence-corrected chi connectivity index (χ3v) is 7.56. The van der Waals surface area contributed by atoms with Crippen LogP contribution in [0.3, 0.4) is 0 Å². The predicted octanol–water partition coefficient (Wildman–Crippen LogP) is 3.39. The second-order valence-electron chi connectivity index (χ2n) is 8.22. The molecule has 1 fully saturated rings. The largest absolute Gasteiger partial charge is 0.492 e. The molecule has 0 aliphatic carbocycles. The molecule has 4 rings (SSSR count). The minimum absolute atomic E-state index is 0.0389. The van der Waals surface area contributed by atoms with Crippen molar-refractivity contribution in [2.45, 2.75) is 11.8 Å². The number of hydrogen-bond acceptors (Lipinski definition) is 6. The van der Waals surface area contributed by atoms with Gasteiger partial charge in [-0.15, -0.1) is 0 Å². The van der Waals surface area contributed by atoms with Gasteiger partial charge < -0.3 is 19.7 Å². The summed E-state index contributed by atoms with van der Waals surface area (Å²) in [5.74, 6) is -0.497. The standard InChI is InChI=1S/C27H29N3O6S/c1-2-36-25-15-9-8-14-24(25)30(37(33,34)21-10-4-3-5-11-21)20-26(31)28-23-13-7-6-12-22(23)27(32)29-16-18-35-19-17-29/h3-15H,2,16-20H2,1H3,(H,28,31). The fourth-order valence-corrected chi connectivity index (χ4v) is 5.45. The molecule has 194 valence electrons. The number of rotatable bonds is 9. The first-order chi connectivity index (χ1) is 17.9. The second-order valence-corrected chi connectivity index (χ2v) is 10.1. The molecule has 0 spiro atoms. The number of amides is 2. The summed E-state index contributed by atoms with van der Waals surface area (Å²) in [5, 5.41) is 2.74. The van der Waals surface area contributed by atoms with E-state index in [-0.39, 0.29) is 16.5 Å². The summed E-state index contributed by atoms with van der Waals surface area (Å²) in [4.78, 5) is 28.1. The molecule has 0 radical (unpaired) electrons. The van der Waals surface area contributed by atoms with E-state index in [4.69, 9.17) is 9.47 Å². The molecule has 0 bridgehead atoms. The Balaban J connectivity index is 1.64. The van der Waals surface area contributed by atoms with E-state index in [9.17, 15) is 18.0 Å². The summed E-state index contributed by atoms with van der Waals surface area (Å²) in [6, 6.07) is 21.2. The van der Waals surface area contributed by atoms with Crippen LogP contribution in [0, 0.1) is 0 Å². The van der Waals surface area contributed by atoms with Crippen LogP contribution in [0.4, 0.5) is 11.4 Å². The molecule has 3 aromatic rings. The summed E-state index contributed by atoms with van der Waals surface area (Å²) in [6.45, 7) is 3.40. The van der Waals surface area contributed by atoms with E-state index in [0.29, 0.717) is 49.9 Å². The molecule has 0 saturated carbocycles. The molecular formula is C27H29N3O6S. The zero-order valence-electron chi connectivity index (χ0n) is 20.5. The lowest BCUT2D eigenvalue weighted by atomic mass is 10.1. The zero-order valence-corrected chi connectivity index (χ0v) is 21.3. The predicted molar refractivity (Wildman–Crippen MR) is 140 cm³/mol. The Hall–Kier alpha value is -3.89. The molecule has 0 aromatic heterocycles. The molecule has 3 aromatic carbocycles. The van der Waals surface area contributed by atoms with E-state index in [0.717, 1.165) is 4.31 Å². The average molecular weight is 524 g/mol. The zero-order chi connectivity index (χ0) is 26.3. The van der Waals surface area contributed by atoms with E-state index in [2.05, 4.69) is 5.32 Å². The number of hydrogen-bond donors (Lipinski definition) is 1. The van der Waals surface area contributed by atoms with Crippen LogP contribution in [0.2, 0.25) is 0 Å². The quantitative estimate of drug-likeness (QED) is 0.461. The highest BCUT2D eigenvalue weighted by atomic mass is 32.2. The average Bonchev–Trinajstić information content (AvgIpc) is 2.93. The highest BCUT2D eigenvalue weighted by Gasteiger charge is 2.30. The highest BCUT2D eigenvalue weighted by molar-refractivity contribution is 7.92. The molecule has 0 atom stereocenters. The highest BCUT2D eigenvalue weighted by Crippen LogP contribution is 2.32. The van der Waals surface area contributed by atoms with Gasteiger partial charge in [0, 0.05) is 13.1 Å². The van der Waals surface area contributed by atoms with Gasteiger partial charge in [-0.25, -0.2) is 8.42 Å². The molecular weight excluding hydrogens is 494 g/mol. The van der Waals surface area contributed by atoms with Crippen molar-refractivity contribution in [2.24, 2.45) is 0 Å². The first kappa shape index (κ1) is 26.2. The minimum Gasteiger partial charge on any atom is -0.492 e. The molecule has 1 aliphatic rings. The monoisotopic (exact) mass is 523 g/mol. The van der Waals surface area contributed by atoms with Crippen molar-refractivity contribution in [2.75, 3.05) is 49.1 Å². The molecule has 9 nitrogen and oxygen atoms in total. The lowest BCUT2D eigenvalue weighted by Gasteiger charge is -2.28. The summed E-state index contributed by atoms with van der Waals surface area (Å²) in [5.41, 5.74) is 0.866. The van der Waals surface area contributed by atoms with Crippen LogP contribution < -0.4 is 14.4 Å². The van der Waals surface area contributed by atoms with Crippen LogP contribution in [0.5, 0.6) is 5.75 Å². The number of para-hydroxylation sites is 3. The van der Waals surface area contributed by atoms with Gasteiger partial charge in [0.15, 0.2) is 0 Å². The molecule has 2 amide bonds. The smallest absolute Gasteiger partial charge is 0.264 e. The molecule has 1 saturated heterocycles. The van der Waals surface area contributed by atoms with Gasteiger partial charge >= 0.3 is 0 Å². The summed E-state index contributed by atoms with van der Waals surface area (Å²) >= 11 is 0. The molecule has 0 unspecified atom stereocenters. The Morgan fingerprint density at radius 1 is 0.946 bits per heavy atom. The van der Waals surface area contributed by atoms with E-state index < -0.39 is 22.5 Å². The number of sulfonamides is 1. The van der Waals surface area contributed by atoms with Crippen molar-refractivity contribution in [1.29, 1.82) is 0 Å². The topological polar surface area (TPSA) is 105 Å². The van der Waals surface area contributed by atoms with Gasteiger partial charge in [0.05, 0.1) is 41.7 Å². The van der Waals surface area contributed by atoms with E-state index in [1.807, 2.05) is 0 Å². The van der Waals surface area contributed by atoms with Gasteiger partial charge in [0.2, 0.25) is 5.91 Å². The Kier molecular flexibility index (Phi) is 8.42. The number of anilines is 2. The summed E-state index contributed by atoms with van der Waals surface area (Å²) in [7, 11) is -4.12. The first-order valence-electron chi connectivity index (χ1n) is 12.0. The van der Waals surface area contributed by atoms with Crippen LogP contribution >= 0.6 is 0 Å². The SMILES string of the molecule is CCOc1ccccc1N(CC(=O)Nc1ccccc1C(=O)N1CCOCC1)S(=O)(=O)c1ccccc1. The third-order valence-electron chi connectivity index (χ3n) is 5.78. The van der Waals surface area contributed by atoms with Crippen LogP contribution in [0.15, 0.2) is 83.8 Å². The number of morpholine rings is 1. The van der Waals surface area contributed by atoms with Gasteiger partial charge in [0.1, 0.15) is 12.3 Å². The number of carbonyl (C=O) groups is 2. The van der Waals surface area contributed by atoms with Crippen LogP contribution in [0.1, 0.15) is 17.3 Å². The maximum absolute atomic E-state index is 13.7. The number of carbonyl (C=O) groups excluding carboxylic acids is 2. The van der Waals surface area contributed by atoms with Crippen molar-refractivity contribution in [3.8, 4) is 5.75 Å². The lowest BCUT2D eigenvalue weighted by molar-refractivity contribution is -0.114. The van der Waals surface area contributed by atoms with Gasteiger partial charge in [-0.1, -0.05) is 42.5 Å². The number of ether oxygens (including phenoxy) is 2. The Bertz CT molecular complexity index is 1340. The summed E-state index contributed by atoms with van der Waals surface area (Å²) < 4.78 is 39.4. The fraction of sp³-hybridized carbons (Fsp3) is 0.259. The molecule has 1 heterocycles. The normalized spacial score (nSPS) is 13.6. The van der Waals surface area contributed by atoms with Crippen molar-refractivity contribution in [1.82, 2.24) is 4.90 Å². The maximum Gasteiger partial charge on any atom is 0.264 e. The van der Waals surface area contributed by atoms with Crippen molar-refractivity contribution >= 4 is 33.2 Å². The van der Waals surface area contributed by atoms with Crippen molar-refractivity contribution in [3.05, 3.63) is 84.4 Å². The number of benzene rings is 3. The second kappa shape index (κ2) is 11.9. The van der Waals surface area contributed by atoms with E-state index >= 15 is 0 Å². The lowest BCUT2D eigenvalue weighted by Crippen LogP contribution is -2.41. The minimum atomic E-state index is -4.12. The molecule has 37 heavy (non-hydrogen) atoms. The van der Waals surface area contributed by atoms with Gasteiger partial charge in [-0.2, -0.15) is 0 Å². The molecule has 1 aliphatic heterocycles. The Morgan fingerprint density at radius 2 is 1.59 bits per heavy atom. The fourth-order valence-electron chi connectivity index (χ4n) is 4.00. The van der Waals surface area contributed by atoms with Crippen molar-refractivity contribution in [3.63, 3.8) is 0 Å². The third kappa shape index (κ3) is 6.10. The number of nitrogens with zero attached hydrogens (tertiary/aromatic N) is 2. The Morgan fingerprint density at radius 3 is 2.32 bits per heavy atom. The molecule has 10 heteroatoms. The van der Waals surface area contributed by atoms with E-state index in [1.54, 1.807) is 78.6 Å². The van der Waals surface area contributed by atoms with Crippen LogP contribution in [0.25, 0.3) is 0 Å². The Labute approximate surface area is 216 Å². The van der Waals surface area contributed by atoms with Gasteiger partial charge in [-0.3, -0.25) is 13.9 Å². The number of nitrogens with one attached hydrogen (secondary N) is 1. The van der Waals surface area contributed by atoms with Crippen molar-refractivity contribution < 1.29 is 27.5 Å². The van der Waals surface area contributed by atoms with Gasteiger partial charge in [0.25, 0.3) is 15.9 Å².